The van der Waals surface area contributed by atoms with Crippen molar-refractivity contribution in [1.29, 1.82) is 0 Å². The Morgan fingerprint density at radius 1 is 0.731 bits per heavy atom. The molecule has 12 nitrogen and oxygen atoms in total. The number of carbonyl (C=O) groups is 2. The van der Waals surface area contributed by atoms with Crippen LogP contribution in [0.4, 0.5) is 11.4 Å². The highest BCUT2D eigenvalue weighted by Gasteiger charge is 2.38. The molecule has 2 atom stereocenters. The van der Waals surface area contributed by atoms with Crippen LogP contribution in [0.15, 0.2) is 36.4 Å². The molecule has 52 heavy (non-hydrogen) atoms. The minimum Gasteiger partial charge on any atom is -0.496 e. The van der Waals surface area contributed by atoms with Crippen molar-refractivity contribution >= 4 is 80.9 Å². The van der Waals surface area contributed by atoms with E-state index >= 15 is 0 Å². The van der Waals surface area contributed by atoms with Crippen molar-refractivity contribution in [1.82, 2.24) is 19.6 Å². The zero-order valence-electron chi connectivity index (χ0n) is 29.9. The maximum atomic E-state index is 9.55. The van der Waals surface area contributed by atoms with Crippen LogP contribution in [0, 0.1) is 11.8 Å². The molecule has 0 aliphatic carbocycles. The molecule has 16 heteroatoms. The molecular weight excluding hydrogens is 747 g/mol. The Balaban J connectivity index is 0.000000193. The van der Waals surface area contributed by atoms with Crippen molar-refractivity contribution in [3.8, 4) is 11.5 Å². The molecule has 6 aliphatic heterocycles. The maximum Gasteiger partial charge on any atom is 0.328 e. The van der Waals surface area contributed by atoms with Gasteiger partial charge >= 0.3 is 11.9 Å². The molecular formula is C36H48Cl2N6O6S2. The second kappa shape index (κ2) is 18.6. The molecule has 284 valence electrons. The number of rotatable bonds is 8. The Labute approximate surface area is 326 Å². The number of fused-ring (bicyclic) bond motifs is 6. The molecule has 0 spiro atoms. The number of anilines is 2. The van der Waals surface area contributed by atoms with Crippen LogP contribution in [-0.2, 0) is 9.59 Å². The smallest absolute Gasteiger partial charge is 0.328 e. The molecule has 0 amide bonds. The highest BCUT2D eigenvalue weighted by molar-refractivity contribution is 7.81. The van der Waals surface area contributed by atoms with Gasteiger partial charge in [0.1, 0.15) is 21.5 Å². The lowest BCUT2D eigenvalue weighted by atomic mass is 9.83. The molecule has 0 radical (unpaired) electrons. The second-order valence-corrected chi connectivity index (χ2v) is 15.0. The zero-order valence-corrected chi connectivity index (χ0v) is 33.0. The number of thiocarbonyl (C=S) groups is 2. The zero-order chi connectivity index (χ0) is 38.3. The number of carboxylic acids is 2. The Morgan fingerprint density at radius 2 is 1.06 bits per heavy atom. The van der Waals surface area contributed by atoms with Crippen molar-refractivity contribution in [2.45, 2.75) is 37.8 Å². The van der Waals surface area contributed by atoms with E-state index in [1.165, 1.54) is 51.9 Å². The number of likely N-dealkylation sites (N-methyl/N-ethyl adjacent to an activating group) is 2. The number of nitrogens with two attached hydrogens (primary N) is 2. The summed E-state index contributed by atoms with van der Waals surface area (Å²) in [6, 6.07) is 8.06. The van der Waals surface area contributed by atoms with Gasteiger partial charge in [-0.2, -0.15) is 0 Å². The second-order valence-electron chi connectivity index (χ2n) is 13.4. The molecule has 2 unspecified atom stereocenters. The summed E-state index contributed by atoms with van der Waals surface area (Å²) in [5, 5.41) is 16.7. The minimum absolute atomic E-state index is 0.469. The van der Waals surface area contributed by atoms with Gasteiger partial charge in [0.05, 0.1) is 46.8 Å². The first-order valence-corrected chi connectivity index (χ1v) is 18.6. The summed E-state index contributed by atoms with van der Waals surface area (Å²) in [5.41, 5.74) is 14.4. The number of carboxylic acid groups (broad SMARTS) is 2. The van der Waals surface area contributed by atoms with Crippen LogP contribution in [-0.4, -0.2) is 131 Å². The van der Waals surface area contributed by atoms with Gasteiger partial charge in [-0.25, -0.2) is 9.59 Å². The van der Waals surface area contributed by atoms with Gasteiger partial charge in [0.2, 0.25) is 0 Å². The average Bonchev–Trinajstić information content (AvgIpc) is 3.16. The van der Waals surface area contributed by atoms with Gasteiger partial charge in [-0.15, -0.1) is 0 Å². The van der Waals surface area contributed by atoms with E-state index in [0.29, 0.717) is 57.2 Å². The Bertz CT molecular complexity index is 1550. The molecule has 2 aromatic carbocycles. The van der Waals surface area contributed by atoms with Gasteiger partial charge < -0.3 is 50.8 Å². The van der Waals surface area contributed by atoms with Crippen molar-refractivity contribution in [2.24, 2.45) is 11.8 Å². The highest BCUT2D eigenvalue weighted by Crippen LogP contribution is 2.36. The number of nitrogens with zero attached hydrogens (tertiary/aromatic N) is 4. The Kier molecular flexibility index (Phi) is 14.8. The lowest BCUT2D eigenvalue weighted by Crippen LogP contribution is -2.57. The number of nitrogen functional groups attached to an aromatic ring is 2. The summed E-state index contributed by atoms with van der Waals surface area (Å²) >= 11 is 23.8. The number of hydrogen-bond acceptors (Lipinski definition) is 10. The quantitative estimate of drug-likeness (QED) is 0.161. The van der Waals surface area contributed by atoms with E-state index in [0.717, 1.165) is 46.0 Å². The SMILES string of the molecule is COc1cc(N)c(Cl)cc1C(=S)N(C)C1CN2CCC1CC2.COc1cc(N)c(Cl)cc1C(=S)N(C)C1CN2CCC1CC2.O=C(O)/C=C/C(=O)O. The molecule has 6 aliphatic rings. The van der Waals surface area contributed by atoms with Crippen molar-refractivity contribution < 1.29 is 29.3 Å². The van der Waals surface area contributed by atoms with Gasteiger partial charge in [-0.3, -0.25) is 0 Å². The summed E-state index contributed by atoms with van der Waals surface area (Å²) in [6.45, 7) is 7.06. The number of ether oxygens (including phenoxy) is 2. The highest BCUT2D eigenvalue weighted by atomic mass is 35.5. The minimum atomic E-state index is -1.26. The number of halogens is 2. The third-order valence-corrected chi connectivity index (χ3v) is 12.0. The number of hydrogen-bond donors (Lipinski definition) is 4. The van der Waals surface area contributed by atoms with Gasteiger partial charge in [0, 0.05) is 63.6 Å². The van der Waals surface area contributed by atoms with E-state index in [1.807, 2.05) is 12.1 Å². The third kappa shape index (κ3) is 10.2. The predicted molar refractivity (Wildman–Crippen MR) is 214 cm³/mol. The first-order chi connectivity index (χ1) is 24.6. The molecule has 6 N–H and O–H groups in total. The van der Waals surface area contributed by atoms with Crippen LogP contribution in [0.2, 0.25) is 10.0 Å². The monoisotopic (exact) mass is 794 g/mol. The Morgan fingerprint density at radius 3 is 1.31 bits per heavy atom. The summed E-state index contributed by atoms with van der Waals surface area (Å²) in [5.74, 6) is 0.297. The van der Waals surface area contributed by atoms with Crippen LogP contribution < -0.4 is 20.9 Å². The standard InChI is InChI=1S/2C16H22ClN3OS.C4H4O4/c2*1-19(14-9-20-5-3-10(14)4-6-20)16(22)11-7-12(17)13(18)8-15(11)21-2;5-3(6)1-2-4(7)8/h2*7-8,10,14H,3-6,9,18H2,1-2H3;1-2H,(H,5,6)(H,7,8)/b;;2-1+. The molecule has 6 saturated heterocycles. The lowest BCUT2D eigenvalue weighted by Gasteiger charge is -2.48. The first kappa shape index (κ1) is 41.4. The van der Waals surface area contributed by atoms with Crippen LogP contribution in [0.1, 0.15) is 36.8 Å². The lowest BCUT2D eigenvalue weighted by molar-refractivity contribution is -0.134. The molecule has 6 fully saturated rings. The molecule has 8 rings (SSSR count). The van der Waals surface area contributed by atoms with E-state index < -0.39 is 11.9 Å². The van der Waals surface area contributed by atoms with E-state index in [4.69, 9.17) is 78.8 Å². The summed E-state index contributed by atoms with van der Waals surface area (Å²) in [6.07, 6.45) is 6.16. The van der Waals surface area contributed by atoms with Crippen molar-refractivity contribution in [3.05, 3.63) is 57.6 Å². The molecule has 0 saturated carbocycles. The topological polar surface area (TPSA) is 158 Å². The van der Waals surface area contributed by atoms with Crippen LogP contribution in [0.3, 0.4) is 0 Å². The molecule has 2 aromatic rings. The van der Waals surface area contributed by atoms with Crippen molar-refractivity contribution in [3.63, 3.8) is 0 Å². The average molecular weight is 796 g/mol. The number of aliphatic carboxylic acids is 2. The largest absolute Gasteiger partial charge is 0.496 e. The number of piperidine rings is 6. The number of methoxy groups -OCH3 is 2. The fraction of sp³-hybridized carbons (Fsp3) is 0.500. The molecule has 4 bridgehead atoms. The van der Waals surface area contributed by atoms with Gasteiger partial charge in [0.15, 0.2) is 0 Å². The van der Waals surface area contributed by atoms with E-state index in [1.54, 1.807) is 26.4 Å². The summed E-state index contributed by atoms with van der Waals surface area (Å²) < 4.78 is 10.9. The van der Waals surface area contributed by atoms with Crippen molar-refractivity contribution in [2.75, 3.05) is 79.1 Å². The van der Waals surface area contributed by atoms with Crippen LogP contribution in [0.25, 0.3) is 0 Å². The third-order valence-electron chi connectivity index (χ3n) is 10.3. The van der Waals surface area contributed by atoms with Gasteiger partial charge in [0.25, 0.3) is 0 Å². The van der Waals surface area contributed by atoms with Crippen LogP contribution >= 0.6 is 47.6 Å². The summed E-state index contributed by atoms with van der Waals surface area (Å²) in [4.78, 5) is 30.1. The molecule has 6 heterocycles. The van der Waals surface area contributed by atoms with E-state index in [-0.39, 0.29) is 0 Å². The van der Waals surface area contributed by atoms with Gasteiger partial charge in [-0.1, -0.05) is 47.6 Å². The number of benzene rings is 2. The molecule has 0 aromatic heterocycles. The maximum absolute atomic E-state index is 9.55. The van der Waals surface area contributed by atoms with E-state index in [2.05, 4.69) is 33.7 Å². The van der Waals surface area contributed by atoms with Crippen LogP contribution in [0.5, 0.6) is 11.5 Å². The predicted octanol–water partition coefficient (Wildman–Crippen LogP) is 4.98. The fourth-order valence-electron chi connectivity index (χ4n) is 7.38. The fourth-order valence-corrected chi connectivity index (χ4v) is 8.30. The first-order valence-electron chi connectivity index (χ1n) is 17.0. The van der Waals surface area contributed by atoms with Gasteiger partial charge in [-0.05, 0) is 75.8 Å². The normalized spacial score (nSPS) is 24.1. The Hall–Kier alpha value is -3.40. The summed E-state index contributed by atoms with van der Waals surface area (Å²) in [7, 11) is 7.42. The van der Waals surface area contributed by atoms with E-state index in [9.17, 15) is 9.59 Å².